The van der Waals surface area contributed by atoms with E-state index < -0.39 is 34.7 Å². The summed E-state index contributed by atoms with van der Waals surface area (Å²) in [5, 5.41) is 20.3. The summed E-state index contributed by atoms with van der Waals surface area (Å²) in [4.78, 5) is -0.0535. The van der Waals surface area contributed by atoms with Crippen LogP contribution in [0.5, 0.6) is 0 Å². The summed E-state index contributed by atoms with van der Waals surface area (Å²) in [6, 6.07) is 15.3. The van der Waals surface area contributed by atoms with Crippen molar-refractivity contribution >= 4 is 10.1 Å². The van der Waals surface area contributed by atoms with Crippen LogP contribution in [0.15, 0.2) is 59.5 Å². The van der Waals surface area contributed by atoms with Crippen LogP contribution in [0.2, 0.25) is 0 Å². The number of aryl methyl sites for hydroxylation is 1. The first-order valence-corrected chi connectivity index (χ1v) is 9.91. The maximum atomic E-state index is 12.6. The predicted octanol–water partition coefficient (Wildman–Crippen LogP) is 1.36. The van der Waals surface area contributed by atoms with Gasteiger partial charge in [-0.05, 0) is 24.6 Å². The van der Waals surface area contributed by atoms with Crippen molar-refractivity contribution in [3.8, 4) is 0 Å². The van der Waals surface area contributed by atoms with Gasteiger partial charge in [-0.1, -0.05) is 48.0 Å². The first-order chi connectivity index (χ1) is 12.9. The van der Waals surface area contributed by atoms with Crippen molar-refractivity contribution in [1.29, 1.82) is 0 Å². The first-order valence-electron chi connectivity index (χ1n) is 8.50. The van der Waals surface area contributed by atoms with Crippen molar-refractivity contribution in [2.45, 2.75) is 43.0 Å². The highest BCUT2D eigenvalue weighted by Gasteiger charge is 2.43. The van der Waals surface area contributed by atoms with Gasteiger partial charge in [-0.15, -0.1) is 0 Å². The summed E-state index contributed by atoms with van der Waals surface area (Å²) in [5.74, 6) is 0. The van der Waals surface area contributed by atoms with Gasteiger partial charge >= 0.3 is 0 Å². The molecule has 0 bridgehead atoms. The predicted molar refractivity (Wildman–Crippen MR) is 96.2 cm³/mol. The van der Waals surface area contributed by atoms with Gasteiger partial charge in [-0.3, -0.25) is 4.18 Å². The van der Waals surface area contributed by atoms with Gasteiger partial charge in [-0.2, -0.15) is 8.42 Å². The molecule has 0 spiro atoms. The van der Waals surface area contributed by atoms with E-state index in [1.807, 2.05) is 37.3 Å². The number of ether oxygens (including phenoxy) is 2. The SMILES string of the molecule is Cc1ccc(S(=O)(=O)O[C@@H]2[C@@H](OCc3ccccc3)[C@@H](O)CO[C@H]2O)cc1. The Bertz CT molecular complexity index is 836. The fourth-order valence-electron chi connectivity index (χ4n) is 2.75. The highest BCUT2D eigenvalue weighted by Crippen LogP contribution is 2.25. The van der Waals surface area contributed by atoms with Crippen LogP contribution in [-0.4, -0.2) is 49.8 Å². The topological polar surface area (TPSA) is 102 Å². The first kappa shape index (κ1) is 19.9. The summed E-state index contributed by atoms with van der Waals surface area (Å²) < 4.78 is 41.0. The molecule has 2 N–H and O–H groups in total. The summed E-state index contributed by atoms with van der Waals surface area (Å²) in [6.07, 6.45) is -5.16. The zero-order valence-electron chi connectivity index (χ0n) is 14.8. The highest BCUT2D eigenvalue weighted by atomic mass is 32.2. The van der Waals surface area contributed by atoms with E-state index in [2.05, 4.69) is 0 Å². The molecule has 8 heteroatoms. The minimum Gasteiger partial charge on any atom is -0.388 e. The standard InChI is InChI=1S/C19H22O7S/c1-13-7-9-15(10-8-13)27(22,23)26-18-17(16(20)12-25-19(18)21)24-11-14-5-3-2-4-6-14/h2-10,16-21H,11-12H2,1H3/t16-,17-,18+,19+/m0/s1. The molecule has 0 aliphatic carbocycles. The second-order valence-corrected chi connectivity index (χ2v) is 7.95. The summed E-state index contributed by atoms with van der Waals surface area (Å²) >= 11 is 0. The lowest BCUT2D eigenvalue weighted by Gasteiger charge is -2.37. The van der Waals surface area contributed by atoms with Gasteiger partial charge in [0.25, 0.3) is 10.1 Å². The molecule has 0 radical (unpaired) electrons. The van der Waals surface area contributed by atoms with Crippen LogP contribution in [0.25, 0.3) is 0 Å². The smallest absolute Gasteiger partial charge is 0.297 e. The number of rotatable bonds is 6. The summed E-state index contributed by atoms with van der Waals surface area (Å²) in [6.45, 7) is 1.77. The van der Waals surface area contributed by atoms with E-state index in [9.17, 15) is 18.6 Å². The summed E-state index contributed by atoms with van der Waals surface area (Å²) in [5.41, 5.74) is 1.74. The minimum absolute atomic E-state index is 0.0535. The molecule has 3 rings (SSSR count). The molecule has 0 aromatic heterocycles. The zero-order chi connectivity index (χ0) is 19.4. The molecule has 1 aliphatic heterocycles. The maximum Gasteiger partial charge on any atom is 0.297 e. The van der Waals surface area contributed by atoms with Gasteiger partial charge in [0.15, 0.2) is 12.4 Å². The van der Waals surface area contributed by atoms with E-state index in [0.717, 1.165) is 11.1 Å². The molecule has 2 aromatic rings. The summed E-state index contributed by atoms with van der Waals surface area (Å²) in [7, 11) is -4.18. The van der Waals surface area contributed by atoms with E-state index in [4.69, 9.17) is 13.7 Å². The molecular formula is C19H22O7S. The van der Waals surface area contributed by atoms with Crippen molar-refractivity contribution in [3.05, 3.63) is 65.7 Å². The molecule has 1 heterocycles. The maximum absolute atomic E-state index is 12.6. The fourth-order valence-corrected chi connectivity index (χ4v) is 3.83. The van der Waals surface area contributed by atoms with Crippen LogP contribution < -0.4 is 0 Å². The van der Waals surface area contributed by atoms with Crippen molar-refractivity contribution in [3.63, 3.8) is 0 Å². The van der Waals surface area contributed by atoms with Crippen LogP contribution in [-0.2, 0) is 30.4 Å². The Morgan fingerprint density at radius 2 is 1.70 bits per heavy atom. The Hall–Kier alpha value is -1.81. The average Bonchev–Trinajstić information content (AvgIpc) is 2.65. The fraction of sp³-hybridized carbons (Fsp3) is 0.368. The van der Waals surface area contributed by atoms with Crippen molar-refractivity contribution in [2.24, 2.45) is 0 Å². The van der Waals surface area contributed by atoms with Crippen LogP contribution in [0, 0.1) is 6.92 Å². The molecule has 0 amide bonds. The molecule has 4 atom stereocenters. The second kappa shape index (κ2) is 8.47. The van der Waals surface area contributed by atoms with Crippen LogP contribution in [0.3, 0.4) is 0 Å². The van der Waals surface area contributed by atoms with Gasteiger partial charge in [0.05, 0.1) is 18.1 Å². The normalized spacial score (nSPS) is 26.0. The van der Waals surface area contributed by atoms with E-state index in [1.165, 1.54) is 12.1 Å². The molecule has 146 valence electrons. The van der Waals surface area contributed by atoms with E-state index in [0.29, 0.717) is 0 Å². The number of aliphatic hydroxyl groups excluding tert-OH is 2. The average molecular weight is 394 g/mol. The Kier molecular flexibility index (Phi) is 6.25. The Morgan fingerprint density at radius 3 is 2.37 bits per heavy atom. The quantitative estimate of drug-likeness (QED) is 0.713. The van der Waals surface area contributed by atoms with Gasteiger partial charge in [0.1, 0.15) is 12.2 Å². The van der Waals surface area contributed by atoms with E-state index in [-0.39, 0.29) is 18.1 Å². The molecule has 0 saturated carbocycles. The lowest BCUT2D eigenvalue weighted by atomic mass is 10.1. The molecule has 1 saturated heterocycles. The van der Waals surface area contributed by atoms with Gasteiger partial charge in [0.2, 0.25) is 0 Å². The Labute approximate surface area is 158 Å². The van der Waals surface area contributed by atoms with Gasteiger partial charge in [0, 0.05) is 0 Å². The second-order valence-electron chi connectivity index (χ2n) is 6.38. The molecule has 2 aromatic carbocycles. The zero-order valence-corrected chi connectivity index (χ0v) is 15.6. The van der Waals surface area contributed by atoms with Crippen molar-refractivity contribution in [1.82, 2.24) is 0 Å². The molecule has 0 unspecified atom stereocenters. The lowest BCUT2D eigenvalue weighted by molar-refractivity contribution is -0.256. The Balaban J connectivity index is 1.77. The minimum atomic E-state index is -4.18. The number of hydrogen-bond donors (Lipinski definition) is 2. The van der Waals surface area contributed by atoms with Crippen LogP contribution >= 0.6 is 0 Å². The monoisotopic (exact) mass is 394 g/mol. The van der Waals surface area contributed by atoms with E-state index >= 15 is 0 Å². The third kappa shape index (κ3) is 4.92. The molecule has 1 fully saturated rings. The molecule has 7 nitrogen and oxygen atoms in total. The van der Waals surface area contributed by atoms with Crippen LogP contribution in [0.4, 0.5) is 0 Å². The van der Waals surface area contributed by atoms with Gasteiger partial charge < -0.3 is 19.7 Å². The van der Waals surface area contributed by atoms with Gasteiger partial charge in [-0.25, -0.2) is 0 Å². The highest BCUT2D eigenvalue weighted by molar-refractivity contribution is 7.86. The van der Waals surface area contributed by atoms with E-state index in [1.54, 1.807) is 12.1 Å². The number of hydrogen-bond acceptors (Lipinski definition) is 7. The van der Waals surface area contributed by atoms with Crippen LogP contribution in [0.1, 0.15) is 11.1 Å². The van der Waals surface area contributed by atoms with Crippen molar-refractivity contribution < 1.29 is 32.3 Å². The Morgan fingerprint density at radius 1 is 1.04 bits per heavy atom. The third-order valence-electron chi connectivity index (χ3n) is 4.25. The number of benzene rings is 2. The molecule has 27 heavy (non-hydrogen) atoms. The largest absolute Gasteiger partial charge is 0.388 e. The lowest BCUT2D eigenvalue weighted by Crippen LogP contribution is -2.55. The molecular weight excluding hydrogens is 372 g/mol. The number of aliphatic hydroxyl groups is 2. The third-order valence-corrected chi connectivity index (χ3v) is 5.58. The van der Waals surface area contributed by atoms with Crippen molar-refractivity contribution in [2.75, 3.05) is 6.61 Å². The molecule has 1 aliphatic rings.